The summed E-state index contributed by atoms with van der Waals surface area (Å²) in [5, 5.41) is 18.4. The zero-order chi connectivity index (χ0) is 12.8. The van der Waals surface area contributed by atoms with Gasteiger partial charge in [0.25, 0.3) is 0 Å². The molecular formula is C14H20O3. The van der Waals surface area contributed by atoms with Gasteiger partial charge in [-0.3, -0.25) is 4.79 Å². The molecule has 1 unspecified atom stereocenters. The summed E-state index contributed by atoms with van der Waals surface area (Å²) < 4.78 is 0. The van der Waals surface area contributed by atoms with E-state index in [2.05, 4.69) is 13.8 Å². The lowest BCUT2D eigenvalue weighted by Gasteiger charge is -2.12. The van der Waals surface area contributed by atoms with Crippen LogP contribution in [0.25, 0.3) is 0 Å². The van der Waals surface area contributed by atoms with E-state index >= 15 is 0 Å². The van der Waals surface area contributed by atoms with Gasteiger partial charge in [-0.15, -0.1) is 0 Å². The van der Waals surface area contributed by atoms with E-state index in [1.54, 1.807) is 0 Å². The molecule has 0 spiro atoms. The molecule has 3 nitrogen and oxygen atoms in total. The maximum absolute atomic E-state index is 10.4. The molecule has 3 heteroatoms. The summed E-state index contributed by atoms with van der Waals surface area (Å²) in [7, 11) is 0. The number of aliphatic hydroxyl groups is 1. The largest absolute Gasteiger partial charge is 0.481 e. The fourth-order valence-electron chi connectivity index (χ4n) is 1.72. The van der Waals surface area contributed by atoms with Crippen molar-refractivity contribution in [3.8, 4) is 0 Å². The Balaban J connectivity index is 2.51. The monoisotopic (exact) mass is 236 g/mol. The van der Waals surface area contributed by atoms with E-state index in [1.807, 2.05) is 24.3 Å². The fourth-order valence-corrected chi connectivity index (χ4v) is 1.72. The highest BCUT2D eigenvalue weighted by atomic mass is 16.4. The number of aliphatic carboxylic acids is 1. The molecule has 0 aliphatic carbocycles. The van der Waals surface area contributed by atoms with Gasteiger partial charge in [0.2, 0.25) is 0 Å². The molecule has 94 valence electrons. The highest BCUT2D eigenvalue weighted by Gasteiger charge is 2.09. The standard InChI is InChI=1S/C14H20O3/c1-10(2)11-6-8-12(9-7-11)13(15)4-3-5-14(16)17/h6-10,13,15H,3-5H2,1-2H3,(H,16,17). The van der Waals surface area contributed by atoms with Gasteiger partial charge in [0, 0.05) is 6.42 Å². The average molecular weight is 236 g/mol. The van der Waals surface area contributed by atoms with Crippen molar-refractivity contribution in [1.29, 1.82) is 0 Å². The van der Waals surface area contributed by atoms with Gasteiger partial charge in [0.1, 0.15) is 0 Å². The van der Waals surface area contributed by atoms with Gasteiger partial charge in [-0.05, 0) is 29.9 Å². The van der Waals surface area contributed by atoms with Crippen molar-refractivity contribution in [1.82, 2.24) is 0 Å². The van der Waals surface area contributed by atoms with E-state index in [9.17, 15) is 9.90 Å². The van der Waals surface area contributed by atoms with Gasteiger partial charge in [0.15, 0.2) is 0 Å². The van der Waals surface area contributed by atoms with Gasteiger partial charge in [-0.2, -0.15) is 0 Å². The molecule has 0 aliphatic rings. The number of carboxylic acids is 1. The third-order valence-corrected chi connectivity index (χ3v) is 2.86. The lowest BCUT2D eigenvalue weighted by Crippen LogP contribution is -2.01. The Morgan fingerprint density at radius 2 is 1.71 bits per heavy atom. The number of hydrogen-bond acceptors (Lipinski definition) is 2. The number of aliphatic hydroxyl groups excluding tert-OH is 1. The summed E-state index contributed by atoms with van der Waals surface area (Å²) in [5.74, 6) is -0.333. The van der Waals surface area contributed by atoms with Crippen molar-refractivity contribution < 1.29 is 15.0 Å². The zero-order valence-electron chi connectivity index (χ0n) is 10.4. The molecular weight excluding hydrogens is 216 g/mol. The van der Waals surface area contributed by atoms with E-state index in [0.29, 0.717) is 18.8 Å². The molecule has 1 aromatic rings. The minimum absolute atomic E-state index is 0.112. The molecule has 0 aromatic heterocycles. The van der Waals surface area contributed by atoms with E-state index in [4.69, 9.17) is 5.11 Å². The topological polar surface area (TPSA) is 57.5 Å². The lowest BCUT2D eigenvalue weighted by atomic mass is 9.98. The number of carbonyl (C=O) groups is 1. The zero-order valence-corrected chi connectivity index (χ0v) is 10.4. The number of hydrogen-bond donors (Lipinski definition) is 2. The van der Waals surface area contributed by atoms with E-state index in [-0.39, 0.29) is 6.42 Å². The van der Waals surface area contributed by atoms with Crippen molar-refractivity contribution in [2.24, 2.45) is 0 Å². The fraction of sp³-hybridized carbons (Fsp3) is 0.500. The molecule has 0 saturated heterocycles. The van der Waals surface area contributed by atoms with Crippen LogP contribution in [0, 0.1) is 0 Å². The Labute approximate surface area is 102 Å². The minimum atomic E-state index is -0.813. The Morgan fingerprint density at radius 1 is 1.18 bits per heavy atom. The second-order valence-electron chi connectivity index (χ2n) is 4.62. The maximum atomic E-state index is 10.4. The molecule has 17 heavy (non-hydrogen) atoms. The first-order valence-corrected chi connectivity index (χ1v) is 6.00. The maximum Gasteiger partial charge on any atom is 0.303 e. The number of rotatable bonds is 6. The molecule has 1 rings (SSSR count). The molecule has 0 heterocycles. The van der Waals surface area contributed by atoms with Crippen molar-refractivity contribution in [2.45, 2.75) is 45.1 Å². The summed E-state index contributed by atoms with van der Waals surface area (Å²) in [6.45, 7) is 4.25. The first-order valence-electron chi connectivity index (χ1n) is 6.00. The predicted molar refractivity (Wildman–Crippen MR) is 67.0 cm³/mol. The second kappa shape index (κ2) is 6.40. The summed E-state index contributed by atoms with van der Waals surface area (Å²) in [5.41, 5.74) is 2.10. The van der Waals surface area contributed by atoms with Gasteiger partial charge in [-0.25, -0.2) is 0 Å². The van der Waals surface area contributed by atoms with E-state index in [1.165, 1.54) is 5.56 Å². The summed E-state index contributed by atoms with van der Waals surface area (Å²) in [6, 6.07) is 7.86. The van der Waals surface area contributed by atoms with Crippen LogP contribution in [0.1, 0.15) is 56.3 Å². The molecule has 0 fully saturated rings. The van der Waals surface area contributed by atoms with Gasteiger partial charge >= 0.3 is 5.97 Å². The molecule has 0 radical (unpaired) electrons. The molecule has 0 saturated carbocycles. The first kappa shape index (κ1) is 13.7. The van der Waals surface area contributed by atoms with E-state index < -0.39 is 12.1 Å². The first-order chi connectivity index (χ1) is 8.00. The van der Waals surface area contributed by atoms with Crippen LogP contribution in [-0.4, -0.2) is 16.2 Å². The third-order valence-electron chi connectivity index (χ3n) is 2.86. The predicted octanol–water partition coefficient (Wildman–Crippen LogP) is 3.10. The molecule has 0 bridgehead atoms. The highest BCUT2D eigenvalue weighted by molar-refractivity contribution is 5.66. The molecule has 1 aromatic carbocycles. The smallest absolute Gasteiger partial charge is 0.303 e. The van der Waals surface area contributed by atoms with Crippen LogP contribution >= 0.6 is 0 Å². The Bertz CT molecular complexity index is 354. The van der Waals surface area contributed by atoms with Crippen LogP contribution in [0.3, 0.4) is 0 Å². The SMILES string of the molecule is CC(C)c1ccc(C(O)CCCC(=O)O)cc1. The van der Waals surface area contributed by atoms with Crippen molar-refractivity contribution >= 4 is 5.97 Å². The van der Waals surface area contributed by atoms with Crippen LogP contribution in [0.2, 0.25) is 0 Å². The third kappa shape index (κ3) is 4.57. The van der Waals surface area contributed by atoms with Gasteiger partial charge < -0.3 is 10.2 Å². The van der Waals surface area contributed by atoms with Crippen LogP contribution < -0.4 is 0 Å². The molecule has 0 amide bonds. The Hall–Kier alpha value is -1.35. The van der Waals surface area contributed by atoms with Gasteiger partial charge in [0.05, 0.1) is 6.10 Å². The average Bonchev–Trinajstić information content (AvgIpc) is 2.28. The van der Waals surface area contributed by atoms with Crippen LogP contribution in [-0.2, 0) is 4.79 Å². The molecule has 1 atom stereocenters. The van der Waals surface area contributed by atoms with Crippen LogP contribution in [0.5, 0.6) is 0 Å². The Kier molecular flexibility index (Phi) is 5.16. The van der Waals surface area contributed by atoms with Crippen molar-refractivity contribution in [2.75, 3.05) is 0 Å². The number of carboxylic acid groups (broad SMARTS) is 1. The highest BCUT2D eigenvalue weighted by Crippen LogP contribution is 2.22. The van der Waals surface area contributed by atoms with Gasteiger partial charge in [-0.1, -0.05) is 38.1 Å². The van der Waals surface area contributed by atoms with E-state index in [0.717, 1.165) is 5.56 Å². The van der Waals surface area contributed by atoms with Crippen molar-refractivity contribution in [3.63, 3.8) is 0 Å². The van der Waals surface area contributed by atoms with Crippen molar-refractivity contribution in [3.05, 3.63) is 35.4 Å². The summed E-state index contributed by atoms with van der Waals surface area (Å²) in [4.78, 5) is 10.4. The van der Waals surface area contributed by atoms with Crippen LogP contribution in [0.15, 0.2) is 24.3 Å². The minimum Gasteiger partial charge on any atom is -0.481 e. The number of benzene rings is 1. The Morgan fingerprint density at radius 3 is 2.18 bits per heavy atom. The quantitative estimate of drug-likeness (QED) is 0.798. The molecule has 0 aliphatic heterocycles. The summed E-state index contributed by atoms with van der Waals surface area (Å²) >= 11 is 0. The molecule has 2 N–H and O–H groups in total. The normalized spacial score (nSPS) is 12.7. The lowest BCUT2D eigenvalue weighted by molar-refractivity contribution is -0.137. The van der Waals surface area contributed by atoms with Crippen LogP contribution in [0.4, 0.5) is 0 Å². The summed E-state index contributed by atoms with van der Waals surface area (Å²) in [6.07, 6.45) is 0.548. The second-order valence-corrected chi connectivity index (χ2v) is 4.62.